The summed E-state index contributed by atoms with van der Waals surface area (Å²) in [4.78, 5) is 12.7. The Morgan fingerprint density at radius 1 is 1.22 bits per heavy atom. The second kappa shape index (κ2) is 5.32. The van der Waals surface area contributed by atoms with Crippen LogP contribution in [0.1, 0.15) is 5.56 Å². The van der Waals surface area contributed by atoms with Gasteiger partial charge in [-0.25, -0.2) is 5.01 Å². The van der Waals surface area contributed by atoms with Gasteiger partial charge in [-0.05, 0) is 25.6 Å². The molecule has 1 fully saturated rings. The Morgan fingerprint density at radius 2 is 1.89 bits per heavy atom. The zero-order valence-electron chi connectivity index (χ0n) is 10.7. The van der Waals surface area contributed by atoms with Crippen LogP contribution in [0.25, 0.3) is 0 Å². The first-order valence-electron chi connectivity index (χ1n) is 6.01. The minimum absolute atomic E-state index is 0.131. The van der Waals surface area contributed by atoms with E-state index in [0.29, 0.717) is 0 Å². The second-order valence-corrected chi connectivity index (χ2v) is 4.72. The van der Waals surface area contributed by atoms with Crippen LogP contribution in [0.15, 0.2) is 18.2 Å². The van der Waals surface area contributed by atoms with E-state index in [-0.39, 0.29) is 10.6 Å². The van der Waals surface area contributed by atoms with Crippen LogP contribution in [-0.2, 0) is 0 Å². The zero-order chi connectivity index (χ0) is 13.1. The van der Waals surface area contributed by atoms with Gasteiger partial charge in [0.25, 0.3) is 5.69 Å². The maximum atomic E-state index is 10.8. The molecule has 1 aromatic rings. The summed E-state index contributed by atoms with van der Waals surface area (Å²) in [5.41, 5.74) is 5.04. The summed E-state index contributed by atoms with van der Waals surface area (Å²) in [7, 11) is 2.09. The van der Waals surface area contributed by atoms with Crippen molar-refractivity contribution in [3.8, 4) is 0 Å². The number of rotatable bonds is 3. The van der Waals surface area contributed by atoms with Crippen molar-refractivity contribution in [1.82, 2.24) is 9.91 Å². The highest BCUT2D eigenvalue weighted by Gasteiger charge is 2.15. The quantitative estimate of drug-likeness (QED) is 0.650. The molecule has 1 saturated heterocycles. The van der Waals surface area contributed by atoms with Crippen molar-refractivity contribution in [2.45, 2.75) is 6.92 Å². The fourth-order valence-corrected chi connectivity index (χ4v) is 2.03. The number of nitrogens with zero attached hydrogens (tertiary/aromatic N) is 3. The fourth-order valence-electron chi connectivity index (χ4n) is 2.03. The van der Waals surface area contributed by atoms with Crippen molar-refractivity contribution < 1.29 is 4.92 Å². The van der Waals surface area contributed by atoms with Gasteiger partial charge in [-0.1, -0.05) is 0 Å². The predicted octanol–water partition coefficient (Wildman–Crippen LogP) is 1.48. The van der Waals surface area contributed by atoms with E-state index in [9.17, 15) is 10.1 Å². The Morgan fingerprint density at radius 3 is 2.50 bits per heavy atom. The van der Waals surface area contributed by atoms with E-state index < -0.39 is 0 Å². The standard InChI is InChI=1S/C12H18N4O2/c1-10-7-11(9-12(8-10)16(17)18)13-15-5-3-14(2)4-6-15/h7-9,13H,3-6H2,1-2H3. The van der Waals surface area contributed by atoms with Crippen LogP contribution in [0.4, 0.5) is 11.4 Å². The molecule has 1 aromatic carbocycles. The van der Waals surface area contributed by atoms with Gasteiger partial charge in [0.2, 0.25) is 0 Å². The van der Waals surface area contributed by atoms with Crippen molar-refractivity contribution in [2.75, 3.05) is 38.7 Å². The summed E-state index contributed by atoms with van der Waals surface area (Å²) in [5, 5.41) is 12.9. The number of hydrogen-bond donors (Lipinski definition) is 1. The molecule has 1 aliphatic rings. The van der Waals surface area contributed by atoms with Crippen LogP contribution in [0.2, 0.25) is 0 Å². The summed E-state index contributed by atoms with van der Waals surface area (Å²) in [6, 6.07) is 5.08. The smallest absolute Gasteiger partial charge is 0.271 e. The lowest BCUT2D eigenvalue weighted by atomic mass is 10.2. The molecule has 1 N–H and O–H groups in total. The minimum Gasteiger partial charge on any atom is -0.319 e. The molecule has 18 heavy (non-hydrogen) atoms. The Hall–Kier alpha value is -1.66. The van der Waals surface area contributed by atoms with Crippen LogP contribution in [0.3, 0.4) is 0 Å². The second-order valence-electron chi connectivity index (χ2n) is 4.72. The highest BCUT2D eigenvalue weighted by atomic mass is 16.6. The van der Waals surface area contributed by atoms with Crippen LogP contribution < -0.4 is 5.43 Å². The number of anilines is 1. The molecule has 0 aliphatic carbocycles. The third kappa shape index (κ3) is 3.18. The molecule has 0 bridgehead atoms. The number of hydrazine groups is 1. The molecule has 0 amide bonds. The number of non-ortho nitro benzene ring substituents is 1. The molecule has 1 aliphatic heterocycles. The molecule has 6 heteroatoms. The Bertz CT molecular complexity index is 442. The lowest BCUT2D eigenvalue weighted by Gasteiger charge is -2.33. The van der Waals surface area contributed by atoms with Crippen LogP contribution in [0.5, 0.6) is 0 Å². The molecular formula is C12H18N4O2. The third-order valence-electron chi connectivity index (χ3n) is 3.06. The molecule has 0 unspecified atom stereocenters. The zero-order valence-corrected chi connectivity index (χ0v) is 10.7. The summed E-state index contributed by atoms with van der Waals surface area (Å²) in [5.74, 6) is 0. The number of likely N-dealkylation sites (N-methyl/N-ethyl adjacent to an activating group) is 1. The maximum Gasteiger partial charge on any atom is 0.271 e. The summed E-state index contributed by atoms with van der Waals surface area (Å²) >= 11 is 0. The van der Waals surface area contributed by atoms with Crippen LogP contribution in [0, 0.1) is 17.0 Å². The van der Waals surface area contributed by atoms with E-state index >= 15 is 0 Å². The Labute approximate surface area is 106 Å². The first kappa shape index (κ1) is 12.8. The molecule has 0 saturated carbocycles. The van der Waals surface area contributed by atoms with Crippen molar-refractivity contribution in [1.29, 1.82) is 0 Å². The highest BCUT2D eigenvalue weighted by Crippen LogP contribution is 2.21. The van der Waals surface area contributed by atoms with Crippen molar-refractivity contribution >= 4 is 11.4 Å². The van der Waals surface area contributed by atoms with Gasteiger partial charge in [0.15, 0.2) is 0 Å². The average molecular weight is 250 g/mol. The number of aryl methyl sites for hydroxylation is 1. The van der Waals surface area contributed by atoms with Crippen molar-refractivity contribution in [3.05, 3.63) is 33.9 Å². The Balaban J connectivity index is 2.07. The fraction of sp³-hybridized carbons (Fsp3) is 0.500. The van der Waals surface area contributed by atoms with Gasteiger partial charge in [0.1, 0.15) is 0 Å². The van der Waals surface area contributed by atoms with Crippen molar-refractivity contribution in [3.63, 3.8) is 0 Å². The first-order chi connectivity index (χ1) is 8.54. The van der Waals surface area contributed by atoms with Crippen LogP contribution in [-0.4, -0.2) is 48.1 Å². The van der Waals surface area contributed by atoms with E-state index in [1.165, 1.54) is 0 Å². The molecule has 0 atom stereocenters. The highest BCUT2D eigenvalue weighted by molar-refractivity contribution is 5.53. The Kier molecular flexibility index (Phi) is 3.78. The number of hydrogen-bond acceptors (Lipinski definition) is 5. The van der Waals surface area contributed by atoms with E-state index in [4.69, 9.17) is 0 Å². The molecule has 0 spiro atoms. The largest absolute Gasteiger partial charge is 0.319 e. The number of piperazine rings is 1. The first-order valence-corrected chi connectivity index (χ1v) is 6.01. The number of benzene rings is 1. The minimum atomic E-state index is -0.359. The van der Waals surface area contributed by atoms with Gasteiger partial charge in [-0.2, -0.15) is 0 Å². The SMILES string of the molecule is Cc1cc(NN2CCN(C)CC2)cc([N+](=O)[O-])c1. The molecule has 2 rings (SSSR count). The lowest BCUT2D eigenvalue weighted by Crippen LogP contribution is -2.46. The van der Waals surface area contributed by atoms with E-state index in [2.05, 4.69) is 22.4 Å². The molecule has 0 aromatic heterocycles. The number of nitro benzene ring substituents is 1. The van der Waals surface area contributed by atoms with Gasteiger partial charge in [0, 0.05) is 38.3 Å². The molecule has 0 radical (unpaired) electrons. The number of nitrogens with one attached hydrogen (secondary N) is 1. The summed E-state index contributed by atoms with van der Waals surface area (Å²) in [6.45, 7) is 5.69. The average Bonchev–Trinajstić information content (AvgIpc) is 2.31. The summed E-state index contributed by atoms with van der Waals surface area (Å²) in [6.07, 6.45) is 0. The van der Waals surface area contributed by atoms with Gasteiger partial charge in [-0.3, -0.25) is 10.1 Å². The lowest BCUT2D eigenvalue weighted by molar-refractivity contribution is -0.384. The monoisotopic (exact) mass is 250 g/mol. The topological polar surface area (TPSA) is 61.6 Å². The van der Waals surface area contributed by atoms with Crippen LogP contribution >= 0.6 is 0 Å². The van der Waals surface area contributed by atoms with E-state index in [1.807, 2.05) is 13.0 Å². The van der Waals surface area contributed by atoms with Gasteiger partial charge in [-0.15, -0.1) is 0 Å². The van der Waals surface area contributed by atoms with E-state index in [0.717, 1.165) is 37.4 Å². The molecular weight excluding hydrogens is 232 g/mol. The van der Waals surface area contributed by atoms with Crippen molar-refractivity contribution in [2.24, 2.45) is 0 Å². The van der Waals surface area contributed by atoms with Gasteiger partial charge >= 0.3 is 0 Å². The number of nitro groups is 1. The maximum absolute atomic E-state index is 10.8. The third-order valence-corrected chi connectivity index (χ3v) is 3.06. The summed E-state index contributed by atoms with van der Waals surface area (Å²) < 4.78 is 0. The molecule has 6 nitrogen and oxygen atoms in total. The molecule has 1 heterocycles. The van der Waals surface area contributed by atoms with E-state index in [1.54, 1.807) is 12.1 Å². The van der Waals surface area contributed by atoms with Gasteiger partial charge < -0.3 is 10.3 Å². The predicted molar refractivity (Wildman–Crippen MR) is 70.5 cm³/mol. The normalized spacial score (nSPS) is 17.7. The molecule has 98 valence electrons. The van der Waals surface area contributed by atoms with Gasteiger partial charge in [0.05, 0.1) is 10.6 Å².